The van der Waals surface area contributed by atoms with Crippen LogP contribution in [0.15, 0.2) is 53.4 Å². The molecule has 0 amide bonds. The van der Waals surface area contributed by atoms with Crippen molar-refractivity contribution in [2.24, 2.45) is 0 Å². The van der Waals surface area contributed by atoms with Crippen LogP contribution in [0.25, 0.3) is 0 Å². The van der Waals surface area contributed by atoms with Gasteiger partial charge < -0.3 is 0 Å². The molecule has 0 heterocycles. The fourth-order valence-electron chi connectivity index (χ4n) is 1.50. The molecule has 0 aliphatic rings. The van der Waals surface area contributed by atoms with E-state index >= 15 is 0 Å². The summed E-state index contributed by atoms with van der Waals surface area (Å²) in [6, 6.07) is 12.2. The second kappa shape index (κ2) is 5.42. The van der Waals surface area contributed by atoms with Crippen molar-refractivity contribution >= 4 is 33.6 Å². The minimum absolute atomic E-state index is 0.0103. The molecule has 0 saturated heterocycles. The summed E-state index contributed by atoms with van der Waals surface area (Å²) in [5.41, 5.74) is 0.839. The average Bonchev–Trinajstić information content (AvgIpc) is 2.39. The summed E-state index contributed by atoms with van der Waals surface area (Å²) in [5, 5.41) is 0.152. The molecule has 1 N–H and O–H groups in total. The normalized spacial score (nSPS) is 11.0. The van der Waals surface area contributed by atoms with Crippen LogP contribution in [-0.2, 0) is 10.0 Å². The van der Waals surface area contributed by atoms with Crippen molar-refractivity contribution in [2.75, 3.05) is 4.72 Å². The lowest BCUT2D eigenvalue weighted by molar-refractivity contribution is 0.112. The first kappa shape index (κ1) is 13.6. The van der Waals surface area contributed by atoms with Crippen LogP contribution in [0.4, 0.5) is 5.69 Å². The number of anilines is 1. The molecule has 0 fully saturated rings. The second-order valence-corrected chi connectivity index (χ2v) is 5.83. The SMILES string of the molecule is O=Cc1ccc(NS(=O)(=O)c2ccccc2Cl)cc1. The number of sulfonamides is 1. The van der Waals surface area contributed by atoms with Crippen LogP contribution in [0.1, 0.15) is 10.4 Å². The summed E-state index contributed by atoms with van der Waals surface area (Å²) < 4.78 is 26.6. The molecule has 4 nitrogen and oxygen atoms in total. The van der Waals surface area contributed by atoms with E-state index in [0.29, 0.717) is 17.5 Å². The van der Waals surface area contributed by atoms with Gasteiger partial charge in [0, 0.05) is 11.3 Å². The van der Waals surface area contributed by atoms with Crippen molar-refractivity contribution in [1.82, 2.24) is 0 Å². The summed E-state index contributed by atoms with van der Waals surface area (Å²) in [5.74, 6) is 0. The summed E-state index contributed by atoms with van der Waals surface area (Å²) in [7, 11) is -3.73. The van der Waals surface area contributed by atoms with Crippen LogP contribution in [-0.4, -0.2) is 14.7 Å². The van der Waals surface area contributed by atoms with Crippen LogP contribution in [0.5, 0.6) is 0 Å². The Morgan fingerprint density at radius 2 is 1.63 bits per heavy atom. The molecule has 0 spiro atoms. The van der Waals surface area contributed by atoms with Crippen LogP contribution >= 0.6 is 11.6 Å². The number of benzene rings is 2. The number of carbonyl (C=O) groups excluding carboxylic acids is 1. The number of nitrogens with one attached hydrogen (secondary N) is 1. The van der Waals surface area contributed by atoms with Gasteiger partial charge in [-0.25, -0.2) is 8.42 Å². The largest absolute Gasteiger partial charge is 0.298 e. The topological polar surface area (TPSA) is 63.2 Å². The third kappa shape index (κ3) is 3.13. The molecule has 0 aromatic heterocycles. The summed E-state index contributed by atoms with van der Waals surface area (Å²) in [6.07, 6.45) is 0.687. The van der Waals surface area contributed by atoms with E-state index in [0.717, 1.165) is 0 Å². The number of carbonyl (C=O) groups is 1. The molecule has 6 heteroatoms. The van der Waals surface area contributed by atoms with Crippen LogP contribution in [0.3, 0.4) is 0 Å². The zero-order valence-electron chi connectivity index (χ0n) is 9.71. The van der Waals surface area contributed by atoms with E-state index < -0.39 is 10.0 Å². The number of hydrogen-bond acceptors (Lipinski definition) is 3. The van der Waals surface area contributed by atoms with Gasteiger partial charge in [0.05, 0.1) is 5.02 Å². The third-order valence-corrected chi connectivity index (χ3v) is 4.31. The minimum Gasteiger partial charge on any atom is -0.298 e. The van der Waals surface area contributed by atoms with Crippen LogP contribution < -0.4 is 4.72 Å². The number of aldehydes is 1. The Hall–Kier alpha value is -1.85. The Morgan fingerprint density at radius 1 is 1.00 bits per heavy atom. The average molecular weight is 296 g/mol. The molecule has 98 valence electrons. The quantitative estimate of drug-likeness (QED) is 0.882. The van der Waals surface area contributed by atoms with Crippen LogP contribution in [0, 0.1) is 0 Å². The van der Waals surface area contributed by atoms with E-state index in [9.17, 15) is 13.2 Å². The van der Waals surface area contributed by atoms with Crippen molar-refractivity contribution in [2.45, 2.75) is 4.90 Å². The second-order valence-electron chi connectivity index (χ2n) is 3.78. The lowest BCUT2D eigenvalue weighted by Gasteiger charge is -2.09. The van der Waals surface area contributed by atoms with Gasteiger partial charge in [0.15, 0.2) is 0 Å². The highest BCUT2D eigenvalue weighted by molar-refractivity contribution is 7.92. The lowest BCUT2D eigenvalue weighted by atomic mass is 10.2. The highest BCUT2D eigenvalue weighted by atomic mass is 35.5. The zero-order valence-corrected chi connectivity index (χ0v) is 11.3. The fraction of sp³-hybridized carbons (Fsp3) is 0. The molecule has 0 unspecified atom stereocenters. The summed E-state index contributed by atoms with van der Waals surface area (Å²) >= 11 is 5.86. The van der Waals surface area contributed by atoms with E-state index in [2.05, 4.69) is 4.72 Å². The molecular formula is C13H10ClNO3S. The maximum Gasteiger partial charge on any atom is 0.263 e. The fourth-order valence-corrected chi connectivity index (χ4v) is 3.08. The standard InChI is InChI=1S/C13H10ClNO3S/c14-12-3-1-2-4-13(12)19(17,18)15-11-7-5-10(9-16)6-8-11/h1-9,15H. The Labute approximate surface area is 116 Å². The number of halogens is 1. The van der Waals surface area contributed by atoms with E-state index in [1.54, 1.807) is 12.1 Å². The minimum atomic E-state index is -3.73. The molecule has 2 aromatic rings. The van der Waals surface area contributed by atoms with Crippen molar-refractivity contribution in [3.05, 3.63) is 59.1 Å². The predicted molar refractivity (Wildman–Crippen MR) is 74.1 cm³/mol. The Balaban J connectivity index is 2.31. The molecule has 0 saturated carbocycles. The van der Waals surface area contributed by atoms with Gasteiger partial charge in [0.2, 0.25) is 0 Å². The Morgan fingerprint density at radius 3 is 2.21 bits per heavy atom. The smallest absolute Gasteiger partial charge is 0.263 e. The maximum absolute atomic E-state index is 12.1. The highest BCUT2D eigenvalue weighted by Crippen LogP contribution is 2.23. The van der Waals surface area contributed by atoms with Crippen molar-refractivity contribution < 1.29 is 13.2 Å². The van der Waals surface area contributed by atoms with Gasteiger partial charge in [-0.3, -0.25) is 9.52 Å². The third-order valence-electron chi connectivity index (χ3n) is 2.43. The Kier molecular flexibility index (Phi) is 3.87. The molecule has 0 aliphatic carbocycles. The summed E-state index contributed by atoms with van der Waals surface area (Å²) in [6.45, 7) is 0. The van der Waals surface area contributed by atoms with Gasteiger partial charge in [0.25, 0.3) is 10.0 Å². The first-order valence-corrected chi connectivity index (χ1v) is 7.21. The van der Waals surface area contributed by atoms with Gasteiger partial charge in [-0.2, -0.15) is 0 Å². The molecule has 19 heavy (non-hydrogen) atoms. The first-order valence-electron chi connectivity index (χ1n) is 5.35. The van der Waals surface area contributed by atoms with Crippen molar-refractivity contribution in [3.63, 3.8) is 0 Å². The maximum atomic E-state index is 12.1. The molecule has 2 rings (SSSR count). The van der Waals surface area contributed by atoms with E-state index in [4.69, 9.17) is 11.6 Å². The Bertz CT molecular complexity index is 696. The lowest BCUT2D eigenvalue weighted by Crippen LogP contribution is -2.13. The van der Waals surface area contributed by atoms with E-state index in [-0.39, 0.29) is 9.92 Å². The van der Waals surface area contributed by atoms with Gasteiger partial charge in [-0.05, 0) is 36.4 Å². The molecule has 2 aromatic carbocycles. The molecule has 0 bridgehead atoms. The van der Waals surface area contributed by atoms with Crippen molar-refractivity contribution in [1.29, 1.82) is 0 Å². The molecule has 0 radical (unpaired) electrons. The molecule has 0 atom stereocenters. The summed E-state index contributed by atoms with van der Waals surface area (Å²) in [4.78, 5) is 10.5. The molecular weight excluding hydrogens is 286 g/mol. The monoisotopic (exact) mass is 295 g/mol. The number of rotatable bonds is 4. The number of hydrogen-bond donors (Lipinski definition) is 1. The molecule has 0 aliphatic heterocycles. The van der Waals surface area contributed by atoms with E-state index in [1.165, 1.54) is 36.4 Å². The van der Waals surface area contributed by atoms with Gasteiger partial charge in [0.1, 0.15) is 11.2 Å². The van der Waals surface area contributed by atoms with Gasteiger partial charge in [-0.1, -0.05) is 23.7 Å². The zero-order chi connectivity index (χ0) is 13.9. The predicted octanol–water partition coefficient (Wildman–Crippen LogP) is 2.95. The van der Waals surface area contributed by atoms with Gasteiger partial charge in [-0.15, -0.1) is 0 Å². The van der Waals surface area contributed by atoms with Gasteiger partial charge >= 0.3 is 0 Å². The van der Waals surface area contributed by atoms with Crippen molar-refractivity contribution in [3.8, 4) is 0 Å². The first-order chi connectivity index (χ1) is 9.03. The van der Waals surface area contributed by atoms with E-state index in [1.807, 2.05) is 0 Å². The highest BCUT2D eigenvalue weighted by Gasteiger charge is 2.17. The van der Waals surface area contributed by atoms with Crippen LogP contribution in [0.2, 0.25) is 5.02 Å².